The van der Waals surface area contributed by atoms with Gasteiger partial charge in [-0.2, -0.15) is 0 Å². The molecule has 1 aliphatic rings. The summed E-state index contributed by atoms with van der Waals surface area (Å²) >= 11 is 0. The van der Waals surface area contributed by atoms with E-state index in [2.05, 4.69) is 5.32 Å². The molecule has 4 N–H and O–H groups in total. The molecule has 0 atom stereocenters. The highest BCUT2D eigenvalue weighted by Gasteiger charge is 2.32. The number of hydrogen-bond acceptors (Lipinski definition) is 4. The summed E-state index contributed by atoms with van der Waals surface area (Å²) in [6.07, 6.45) is 3.93. The van der Waals surface area contributed by atoms with Crippen molar-refractivity contribution >= 4 is 17.6 Å². The number of methoxy groups -OCH3 is 1. The van der Waals surface area contributed by atoms with Crippen molar-refractivity contribution < 1.29 is 19.4 Å². The zero-order valence-electron chi connectivity index (χ0n) is 12.0. The molecule has 0 radical (unpaired) electrons. The summed E-state index contributed by atoms with van der Waals surface area (Å²) in [4.78, 5) is 23.3. The van der Waals surface area contributed by atoms with E-state index in [0.717, 1.165) is 25.7 Å². The summed E-state index contributed by atoms with van der Waals surface area (Å²) in [5.41, 5.74) is 5.96. The topological polar surface area (TPSA) is 102 Å². The molecule has 1 aromatic carbocycles. The first-order chi connectivity index (χ1) is 9.93. The number of carbonyl (C=O) groups excluding carboxylic acids is 1. The van der Waals surface area contributed by atoms with Gasteiger partial charge in [-0.15, -0.1) is 0 Å². The van der Waals surface area contributed by atoms with E-state index in [1.54, 1.807) is 6.07 Å². The molecule has 6 heteroatoms. The molecule has 0 unspecified atom stereocenters. The zero-order chi connectivity index (χ0) is 15.5. The average Bonchev–Trinajstić information content (AvgIpc) is 2.85. The van der Waals surface area contributed by atoms with Crippen molar-refractivity contribution in [3.05, 3.63) is 23.8 Å². The van der Waals surface area contributed by atoms with E-state index in [4.69, 9.17) is 10.5 Å². The normalized spacial score (nSPS) is 16.5. The maximum absolute atomic E-state index is 12.1. The summed E-state index contributed by atoms with van der Waals surface area (Å²) in [6.45, 7) is 0. The Balaban J connectivity index is 2.11. The summed E-state index contributed by atoms with van der Waals surface area (Å²) < 4.78 is 4.99. The second-order valence-corrected chi connectivity index (χ2v) is 5.51. The Kier molecular flexibility index (Phi) is 4.47. The fourth-order valence-corrected chi connectivity index (χ4v) is 2.71. The number of anilines is 1. The van der Waals surface area contributed by atoms with E-state index in [1.807, 2.05) is 0 Å². The van der Waals surface area contributed by atoms with Crippen molar-refractivity contribution in [3.8, 4) is 5.75 Å². The number of carboxylic acid groups (broad SMARTS) is 1. The predicted octanol–water partition coefficient (Wildman–Crippen LogP) is 1.99. The molecule has 1 aliphatic carbocycles. The number of carbonyl (C=O) groups is 2. The fraction of sp³-hybridized carbons (Fsp3) is 0.467. The van der Waals surface area contributed by atoms with Crippen LogP contribution in [0, 0.1) is 0 Å². The molecule has 1 aromatic rings. The van der Waals surface area contributed by atoms with E-state index in [1.165, 1.54) is 19.2 Å². The third-order valence-electron chi connectivity index (χ3n) is 3.84. The lowest BCUT2D eigenvalue weighted by Gasteiger charge is -2.22. The van der Waals surface area contributed by atoms with Gasteiger partial charge in [-0.3, -0.25) is 4.79 Å². The van der Waals surface area contributed by atoms with Gasteiger partial charge in [-0.25, -0.2) is 4.79 Å². The van der Waals surface area contributed by atoms with Gasteiger partial charge in [0, 0.05) is 12.0 Å². The van der Waals surface area contributed by atoms with E-state index in [9.17, 15) is 14.7 Å². The molecule has 114 valence electrons. The third kappa shape index (κ3) is 3.72. The first-order valence-electron chi connectivity index (χ1n) is 6.94. The van der Waals surface area contributed by atoms with Crippen molar-refractivity contribution in [2.45, 2.75) is 37.6 Å². The molecule has 0 aromatic heterocycles. The molecule has 0 saturated heterocycles. The Bertz CT molecular complexity index is 551. The molecule has 1 saturated carbocycles. The van der Waals surface area contributed by atoms with Crippen molar-refractivity contribution in [2.75, 3.05) is 12.4 Å². The summed E-state index contributed by atoms with van der Waals surface area (Å²) in [7, 11) is 1.46. The van der Waals surface area contributed by atoms with Crippen LogP contribution in [0.3, 0.4) is 0 Å². The lowest BCUT2D eigenvalue weighted by atomic mass is 9.94. The Morgan fingerprint density at radius 2 is 2.05 bits per heavy atom. The molecule has 1 amide bonds. The largest absolute Gasteiger partial charge is 0.497 e. The Hall–Kier alpha value is -2.08. The van der Waals surface area contributed by atoms with Gasteiger partial charge >= 0.3 is 5.97 Å². The Labute approximate surface area is 123 Å². The lowest BCUT2D eigenvalue weighted by Crippen LogP contribution is -2.40. The number of nitrogens with two attached hydrogens (primary N) is 1. The molecule has 0 aliphatic heterocycles. The van der Waals surface area contributed by atoms with Crippen LogP contribution in [0.5, 0.6) is 5.75 Å². The molecule has 6 nitrogen and oxygen atoms in total. The number of amides is 1. The quantitative estimate of drug-likeness (QED) is 0.770. The lowest BCUT2D eigenvalue weighted by molar-refractivity contribution is -0.117. The third-order valence-corrected chi connectivity index (χ3v) is 3.84. The fourth-order valence-electron chi connectivity index (χ4n) is 2.71. The van der Waals surface area contributed by atoms with Gasteiger partial charge in [0.2, 0.25) is 5.91 Å². The van der Waals surface area contributed by atoms with Crippen LogP contribution in [0.2, 0.25) is 0 Å². The smallest absolute Gasteiger partial charge is 0.337 e. The van der Waals surface area contributed by atoms with Gasteiger partial charge in [0.15, 0.2) is 0 Å². The second kappa shape index (κ2) is 6.13. The molecular weight excluding hydrogens is 272 g/mol. The van der Waals surface area contributed by atoms with E-state index in [0.29, 0.717) is 5.75 Å². The standard InChI is InChI=1S/C15H20N2O4/c1-21-10-4-5-12(11(8-10)14(19)20)17-13(18)9-15(16)6-2-3-7-15/h4-5,8H,2-3,6-7,9,16H2,1H3,(H,17,18)(H,19,20). The molecule has 0 heterocycles. The van der Waals surface area contributed by atoms with E-state index in [-0.39, 0.29) is 23.6 Å². The summed E-state index contributed by atoms with van der Waals surface area (Å²) in [5.74, 6) is -0.948. The number of benzene rings is 1. The maximum Gasteiger partial charge on any atom is 0.337 e. The summed E-state index contributed by atoms with van der Waals surface area (Å²) in [6, 6.07) is 4.51. The highest BCUT2D eigenvalue weighted by molar-refractivity contribution is 6.01. The van der Waals surface area contributed by atoms with Crippen LogP contribution in [0.4, 0.5) is 5.69 Å². The Morgan fingerprint density at radius 3 is 2.62 bits per heavy atom. The van der Waals surface area contributed by atoms with Crippen LogP contribution in [-0.4, -0.2) is 29.6 Å². The summed E-state index contributed by atoms with van der Waals surface area (Å²) in [5, 5.41) is 11.8. The van der Waals surface area contributed by atoms with Crippen LogP contribution < -0.4 is 15.8 Å². The highest BCUT2D eigenvalue weighted by atomic mass is 16.5. The SMILES string of the molecule is COc1ccc(NC(=O)CC2(N)CCCC2)c(C(=O)O)c1. The van der Waals surface area contributed by atoms with E-state index >= 15 is 0 Å². The predicted molar refractivity (Wildman–Crippen MR) is 78.6 cm³/mol. The van der Waals surface area contributed by atoms with E-state index < -0.39 is 11.5 Å². The molecular formula is C15H20N2O4. The minimum Gasteiger partial charge on any atom is -0.497 e. The molecule has 0 bridgehead atoms. The first kappa shape index (κ1) is 15.3. The van der Waals surface area contributed by atoms with Gasteiger partial charge in [-0.05, 0) is 31.0 Å². The van der Waals surface area contributed by atoms with Crippen LogP contribution >= 0.6 is 0 Å². The number of nitrogens with one attached hydrogen (secondary N) is 1. The van der Waals surface area contributed by atoms with Gasteiger partial charge < -0.3 is 20.9 Å². The number of ether oxygens (including phenoxy) is 1. The van der Waals surface area contributed by atoms with Crippen LogP contribution in [0.15, 0.2) is 18.2 Å². The number of hydrogen-bond donors (Lipinski definition) is 3. The Morgan fingerprint density at radius 1 is 1.38 bits per heavy atom. The number of carboxylic acids is 1. The van der Waals surface area contributed by atoms with Crippen molar-refractivity contribution in [2.24, 2.45) is 5.73 Å². The zero-order valence-corrected chi connectivity index (χ0v) is 12.0. The van der Waals surface area contributed by atoms with Gasteiger partial charge in [0.25, 0.3) is 0 Å². The van der Waals surface area contributed by atoms with Gasteiger partial charge in [0.1, 0.15) is 5.75 Å². The van der Waals surface area contributed by atoms with Gasteiger partial charge in [-0.1, -0.05) is 12.8 Å². The minimum absolute atomic E-state index is 0.000179. The van der Waals surface area contributed by atoms with Crippen LogP contribution in [0.25, 0.3) is 0 Å². The maximum atomic E-state index is 12.1. The number of rotatable bonds is 5. The van der Waals surface area contributed by atoms with Crippen molar-refractivity contribution in [1.29, 1.82) is 0 Å². The van der Waals surface area contributed by atoms with Crippen molar-refractivity contribution in [1.82, 2.24) is 0 Å². The van der Waals surface area contributed by atoms with Crippen molar-refractivity contribution in [3.63, 3.8) is 0 Å². The first-order valence-corrected chi connectivity index (χ1v) is 6.94. The van der Waals surface area contributed by atoms with Gasteiger partial charge in [0.05, 0.1) is 18.4 Å². The van der Waals surface area contributed by atoms with Crippen LogP contribution in [0.1, 0.15) is 42.5 Å². The molecule has 0 spiro atoms. The monoisotopic (exact) mass is 292 g/mol. The average molecular weight is 292 g/mol. The molecule has 2 rings (SSSR count). The van der Waals surface area contributed by atoms with Crippen LogP contribution in [-0.2, 0) is 4.79 Å². The number of aromatic carboxylic acids is 1. The minimum atomic E-state index is -1.12. The molecule has 1 fully saturated rings. The molecule has 21 heavy (non-hydrogen) atoms. The highest BCUT2D eigenvalue weighted by Crippen LogP contribution is 2.30. The second-order valence-electron chi connectivity index (χ2n) is 5.51.